The molecular formula is C12H13N3O. The highest BCUT2D eigenvalue weighted by atomic mass is 16.1. The molecule has 3 rings (SSSR count). The van der Waals surface area contributed by atoms with Gasteiger partial charge in [-0.25, -0.2) is 4.98 Å². The average molecular weight is 215 g/mol. The fourth-order valence-corrected chi connectivity index (χ4v) is 1.88. The number of H-pyrrole nitrogens is 1. The zero-order chi connectivity index (χ0) is 11.0. The Balaban J connectivity index is 2.01. The Hall–Kier alpha value is -1.84. The molecule has 0 radical (unpaired) electrons. The Kier molecular flexibility index (Phi) is 2.13. The van der Waals surface area contributed by atoms with Crippen molar-refractivity contribution in [2.45, 2.75) is 12.8 Å². The smallest absolute Gasteiger partial charge is 0.153 e. The average Bonchev–Trinajstić information content (AvgIpc) is 3.01. The molecule has 0 unspecified atom stereocenters. The van der Waals surface area contributed by atoms with E-state index in [1.165, 1.54) is 12.8 Å². The van der Waals surface area contributed by atoms with Crippen molar-refractivity contribution in [3.8, 4) is 0 Å². The third-order valence-corrected chi connectivity index (χ3v) is 3.01. The maximum Gasteiger partial charge on any atom is 0.153 e. The summed E-state index contributed by atoms with van der Waals surface area (Å²) in [6.07, 6.45) is 6.90. The number of hydrogen-bond donors (Lipinski definition) is 2. The molecule has 0 atom stereocenters. The topological polar surface area (TPSA) is 57.8 Å². The molecule has 4 heteroatoms. The summed E-state index contributed by atoms with van der Waals surface area (Å²) in [6, 6.07) is 1.95. The van der Waals surface area contributed by atoms with Gasteiger partial charge in [0.05, 0.1) is 11.3 Å². The molecule has 2 N–H and O–H groups in total. The summed E-state index contributed by atoms with van der Waals surface area (Å²) < 4.78 is 0. The summed E-state index contributed by atoms with van der Waals surface area (Å²) in [5, 5.41) is 4.35. The molecule has 1 aliphatic rings. The molecule has 0 bridgehead atoms. The summed E-state index contributed by atoms with van der Waals surface area (Å²) in [4.78, 5) is 18.2. The lowest BCUT2D eigenvalue weighted by Crippen LogP contribution is -2.06. The van der Waals surface area contributed by atoms with E-state index in [2.05, 4.69) is 15.3 Å². The van der Waals surface area contributed by atoms with Gasteiger partial charge in [-0.15, -0.1) is 0 Å². The zero-order valence-electron chi connectivity index (χ0n) is 8.86. The minimum Gasteiger partial charge on any atom is -0.384 e. The predicted molar refractivity (Wildman–Crippen MR) is 62.7 cm³/mol. The Bertz CT molecular complexity index is 528. The quantitative estimate of drug-likeness (QED) is 0.769. The van der Waals surface area contributed by atoms with Crippen molar-refractivity contribution in [2.75, 3.05) is 11.9 Å². The lowest BCUT2D eigenvalue weighted by atomic mass is 10.2. The maximum absolute atomic E-state index is 11.0. The van der Waals surface area contributed by atoms with Gasteiger partial charge in [0, 0.05) is 24.3 Å². The summed E-state index contributed by atoms with van der Waals surface area (Å²) in [7, 11) is 0. The van der Waals surface area contributed by atoms with E-state index in [1.54, 1.807) is 6.20 Å². The van der Waals surface area contributed by atoms with Crippen LogP contribution < -0.4 is 5.32 Å². The van der Waals surface area contributed by atoms with Crippen molar-refractivity contribution >= 4 is 23.0 Å². The van der Waals surface area contributed by atoms with E-state index < -0.39 is 0 Å². The first-order valence-electron chi connectivity index (χ1n) is 5.53. The first kappa shape index (κ1) is 9.39. The van der Waals surface area contributed by atoms with Gasteiger partial charge in [0.2, 0.25) is 0 Å². The molecular weight excluding hydrogens is 202 g/mol. The number of nitrogens with zero attached hydrogens (tertiary/aromatic N) is 1. The third kappa shape index (κ3) is 1.56. The number of anilines is 1. The highest BCUT2D eigenvalue weighted by Gasteiger charge is 2.21. The number of aldehydes is 1. The van der Waals surface area contributed by atoms with Gasteiger partial charge in [-0.3, -0.25) is 4.79 Å². The van der Waals surface area contributed by atoms with E-state index >= 15 is 0 Å². The van der Waals surface area contributed by atoms with Gasteiger partial charge < -0.3 is 10.3 Å². The molecule has 1 saturated carbocycles. The second-order valence-electron chi connectivity index (χ2n) is 4.27. The maximum atomic E-state index is 11.0. The zero-order valence-corrected chi connectivity index (χ0v) is 8.86. The van der Waals surface area contributed by atoms with E-state index in [9.17, 15) is 4.79 Å². The number of nitrogens with one attached hydrogen (secondary N) is 2. The van der Waals surface area contributed by atoms with Crippen molar-refractivity contribution in [3.63, 3.8) is 0 Å². The Morgan fingerprint density at radius 3 is 3.19 bits per heavy atom. The molecule has 0 aromatic carbocycles. The van der Waals surface area contributed by atoms with Gasteiger partial charge in [0.1, 0.15) is 5.65 Å². The standard InChI is InChI=1S/C12H13N3O/c16-7-9-6-15-12-10(3-4-13-12)11(9)14-5-8-1-2-8/h3-4,6-8H,1-2,5H2,(H2,13,14,15). The number of hydrogen-bond acceptors (Lipinski definition) is 3. The molecule has 82 valence electrons. The number of rotatable bonds is 4. The van der Waals surface area contributed by atoms with Gasteiger partial charge in [0.25, 0.3) is 0 Å². The monoisotopic (exact) mass is 215 g/mol. The normalized spacial score (nSPS) is 15.2. The van der Waals surface area contributed by atoms with Crippen molar-refractivity contribution in [1.29, 1.82) is 0 Å². The number of carbonyl (C=O) groups is 1. The molecule has 2 aromatic rings. The van der Waals surface area contributed by atoms with Crippen LogP contribution in [0.5, 0.6) is 0 Å². The lowest BCUT2D eigenvalue weighted by molar-refractivity contribution is 0.112. The van der Waals surface area contributed by atoms with Crippen LogP contribution >= 0.6 is 0 Å². The van der Waals surface area contributed by atoms with Crippen LogP contribution in [0.15, 0.2) is 18.5 Å². The summed E-state index contributed by atoms with van der Waals surface area (Å²) >= 11 is 0. The van der Waals surface area contributed by atoms with Gasteiger partial charge >= 0.3 is 0 Å². The first-order chi connectivity index (χ1) is 7.88. The first-order valence-corrected chi connectivity index (χ1v) is 5.53. The van der Waals surface area contributed by atoms with Gasteiger partial charge in [-0.1, -0.05) is 0 Å². The van der Waals surface area contributed by atoms with Crippen LogP contribution in [-0.4, -0.2) is 22.8 Å². The van der Waals surface area contributed by atoms with Crippen LogP contribution in [-0.2, 0) is 0 Å². The fraction of sp³-hybridized carbons (Fsp3) is 0.333. The van der Waals surface area contributed by atoms with Gasteiger partial charge in [-0.2, -0.15) is 0 Å². The summed E-state index contributed by atoms with van der Waals surface area (Å²) in [6.45, 7) is 0.950. The molecule has 0 saturated heterocycles. The second-order valence-corrected chi connectivity index (χ2v) is 4.27. The van der Waals surface area contributed by atoms with Gasteiger partial charge in [0.15, 0.2) is 6.29 Å². The van der Waals surface area contributed by atoms with Crippen molar-refractivity contribution in [2.24, 2.45) is 5.92 Å². The van der Waals surface area contributed by atoms with Crippen molar-refractivity contribution in [1.82, 2.24) is 9.97 Å². The van der Waals surface area contributed by atoms with Crippen molar-refractivity contribution < 1.29 is 4.79 Å². The lowest BCUT2D eigenvalue weighted by Gasteiger charge is -2.08. The van der Waals surface area contributed by atoms with E-state index in [0.717, 1.165) is 35.5 Å². The number of carbonyl (C=O) groups excluding carboxylic acids is 1. The van der Waals surface area contributed by atoms with Crippen molar-refractivity contribution in [3.05, 3.63) is 24.0 Å². The Morgan fingerprint density at radius 1 is 1.56 bits per heavy atom. The number of aromatic nitrogens is 2. The molecule has 2 heterocycles. The highest BCUT2D eigenvalue weighted by Crippen LogP contribution is 2.31. The van der Waals surface area contributed by atoms with Gasteiger partial charge in [-0.05, 0) is 24.8 Å². The molecule has 1 fully saturated rings. The molecule has 0 aliphatic heterocycles. The van der Waals surface area contributed by atoms with Crippen LogP contribution in [0.2, 0.25) is 0 Å². The molecule has 1 aliphatic carbocycles. The SMILES string of the molecule is O=Cc1cnc2[nH]ccc2c1NCC1CC1. The molecule has 16 heavy (non-hydrogen) atoms. The van der Waals surface area contributed by atoms with Crippen LogP contribution in [0.4, 0.5) is 5.69 Å². The van der Waals surface area contributed by atoms with Crippen LogP contribution in [0.1, 0.15) is 23.2 Å². The highest BCUT2D eigenvalue weighted by molar-refractivity contribution is 5.99. The Labute approximate surface area is 93.1 Å². The molecule has 0 amide bonds. The molecule has 4 nitrogen and oxygen atoms in total. The third-order valence-electron chi connectivity index (χ3n) is 3.01. The minimum absolute atomic E-state index is 0.632. The van der Waals surface area contributed by atoms with E-state index in [4.69, 9.17) is 0 Å². The number of fused-ring (bicyclic) bond motifs is 1. The summed E-state index contributed by atoms with van der Waals surface area (Å²) in [5.74, 6) is 0.779. The largest absolute Gasteiger partial charge is 0.384 e. The number of pyridine rings is 1. The predicted octanol–water partition coefficient (Wildman–Crippen LogP) is 2.20. The van der Waals surface area contributed by atoms with E-state index in [-0.39, 0.29) is 0 Å². The molecule has 2 aromatic heterocycles. The van der Waals surface area contributed by atoms with Crippen LogP contribution in [0, 0.1) is 5.92 Å². The second kappa shape index (κ2) is 3.63. The van der Waals surface area contributed by atoms with E-state index in [0.29, 0.717) is 5.56 Å². The minimum atomic E-state index is 0.632. The van der Waals surface area contributed by atoms with E-state index in [1.807, 2.05) is 12.3 Å². The van der Waals surface area contributed by atoms with Crippen LogP contribution in [0.3, 0.4) is 0 Å². The van der Waals surface area contributed by atoms with Crippen LogP contribution in [0.25, 0.3) is 11.0 Å². The Morgan fingerprint density at radius 2 is 2.44 bits per heavy atom. The molecule has 0 spiro atoms. The fourth-order valence-electron chi connectivity index (χ4n) is 1.88. The number of aromatic amines is 1. The summed E-state index contributed by atoms with van der Waals surface area (Å²) in [5.41, 5.74) is 2.37.